The molecule has 1 amide bonds. The smallest absolute Gasteiger partial charge is 0.237 e. The molecule has 0 unspecified atom stereocenters. The number of aryl methyl sites for hydroxylation is 1. The van der Waals surface area contributed by atoms with Gasteiger partial charge in [0.05, 0.1) is 6.04 Å². The average Bonchev–Trinajstić information content (AvgIpc) is 2.89. The van der Waals surface area contributed by atoms with Crippen molar-refractivity contribution in [1.82, 2.24) is 10.2 Å². The minimum Gasteiger partial charge on any atom is -0.349 e. The summed E-state index contributed by atoms with van der Waals surface area (Å²) in [7, 11) is 2.07. The maximum atomic E-state index is 12.9. The molecule has 24 heavy (non-hydrogen) atoms. The summed E-state index contributed by atoms with van der Waals surface area (Å²) in [4.78, 5) is 16.5. The minimum atomic E-state index is -0.0699. The molecule has 132 valence electrons. The van der Waals surface area contributed by atoms with Crippen molar-refractivity contribution in [2.45, 2.75) is 70.5 Å². The van der Waals surface area contributed by atoms with Crippen LogP contribution in [-0.2, 0) is 11.3 Å². The SMILES string of the molecule is Cc1ccsc1CN(C)[C@@H](C)C(=O)NC12CC3CC(CC(C3)C1)C2. The van der Waals surface area contributed by atoms with Crippen LogP contribution >= 0.6 is 11.3 Å². The second-order valence-electron chi connectivity index (χ2n) is 8.81. The molecule has 4 heteroatoms. The first kappa shape index (κ1) is 16.6. The van der Waals surface area contributed by atoms with Crippen molar-refractivity contribution in [3.8, 4) is 0 Å². The number of carbonyl (C=O) groups is 1. The molecular weight excluding hydrogens is 316 g/mol. The van der Waals surface area contributed by atoms with Crippen molar-refractivity contribution in [2.75, 3.05) is 7.05 Å². The van der Waals surface area contributed by atoms with E-state index in [9.17, 15) is 4.79 Å². The van der Waals surface area contributed by atoms with Crippen molar-refractivity contribution in [3.05, 3.63) is 21.9 Å². The molecule has 0 radical (unpaired) electrons. The molecule has 0 aliphatic heterocycles. The van der Waals surface area contributed by atoms with E-state index in [1.807, 2.05) is 0 Å². The molecule has 1 heterocycles. The summed E-state index contributed by atoms with van der Waals surface area (Å²) < 4.78 is 0. The Morgan fingerprint density at radius 3 is 2.38 bits per heavy atom. The number of hydrogen-bond acceptors (Lipinski definition) is 3. The fourth-order valence-electron chi connectivity index (χ4n) is 5.76. The Hall–Kier alpha value is -0.870. The van der Waals surface area contributed by atoms with Crippen LogP contribution in [0.15, 0.2) is 11.4 Å². The van der Waals surface area contributed by atoms with Crippen LogP contribution in [0, 0.1) is 24.7 Å². The van der Waals surface area contributed by atoms with Gasteiger partial charge in [0.1, 0.15) is 0 Å². The monoisotopic (exact) mass is 346 g/mol. The van der Waals surface area contributed by atoms with Gasteiger partial charge >= 0.3 is 0 Å². The number of amides is 1. The molecule has 1 aromatic heterocycles. The Labute approximate surface area is 149 Å². The van der Waals surface area contributed by atoms with Crippen molar-refractivity contribution >= 4 is 17.2 Å². The molecule has 0 spiro atoms. The van der Waals surface area contributed by atoms with Gasteiger partial charge in [-0.1, -0.05) is 0 Å². The number of likely N-dealkylation sites (N-methyl/N-ethyl adjacent to an activating group) is 1. The number of nitrogens with one attached hydrogen (secondary N) is 1. The van der Waals surface area contributed by atoms with Crippen molar-refractivity contribution in [1.29, 1.82) is 0 Å². The molecule has 0 saturated heterocycles. The second-order valence-corrected chi connectivity index (χ2v) is 9.81. The summed E-state index contributed by atoms with van der Waals surface area (Å²) in [6.07, 6.45) is 7.94. The first-order valence-electron chi connectivity index (χ1n) is 9.49. The van der Waals surface area contributed by atoms with Crippen LogP contribution in [0.1, 0.15) is 55.9 Å². The lowest BCUT2D eigenvalue weighted by molar-refractivity contribution is -0.131. The van der Waals surface area contributed by atoms with Gasteiger partial charge in [0.15, 0.2) is 0 Å². The molecule has 3 nitrogen and oxygen atoms in total. The number of nitrogens with zero attached hydrogens (tertiary/aromatic N) is 1. The molecule has 1 aromatic rings. The summed E-state index contributed by atoms with van der Waals surface area (Å²) in [6, 6.07) is 2.09. The van der Waals surface area contributed by atoms with Crippen molar-refractivity contribution in [3.63, 3.8) is 0 Å². The highest BCUT2D eigenvalue weighted by Gasteiger charge is 2.51. The lowest BCUT2D eigenvalue weighted by Gasteiger charge is -2.57. The van der Waals surface area contributed by atoms with Gasteiger partial charge in [0, 0.05) is 17.0 Å². The Bertz CT molecular complexity index is 588. The first-order valence-corrected chi connectivity index (χ1v) is 10.4. The van der Waals surface area contributed by atoms with Gasteiger partial charge in [-0.15, -0.1) is 11.3 Å². The van der Waals surface area contributed by atoms with Crippen LogP contribution in [0.3, 0.4) is 0 Å². The second kappa shape index (κ2) is 6.14. The topological polar surface area (TPSA) is 32.3 Å². The molecule has 1 N–H and O–H groups in total. The quantitative estimate of drug-likeness (QED) is 0.875. The van der Waals surface area contributed by atoms with Crippen LogP contribution < -0.4 is 5.32 Å². The molecular formula is C20H30N2OS. The van der Waals surface area contributed by atoms with E-state index in [-0.39, 0.29) is 17.5 Å². The number of hydrogen-bond donors (Lipinski definition) is 1. The Morgan fingerprint density at radius 1 is 1.29 bits per heavy atom. The normalized spacial score (nSPS) is 35.4. The number of thiophene rings is 1. The molecule has 4 fully saturated rings. The standard InChI is InChI=1S/C20H30N2OS/c1-13-4-5-24-18(13)12-22(3)14(2)19(23)21-20-9-15-6-16(10-20)8-17(7-15)11-20/h4-5,14-17H,6-12H2,1-3H3,(H,21,23)/t14-,15?,16?,17?,20?/m0/s1. The average molecular weight is 347 g/mol. The third-order valence-corrected chi connectivity index (χ3v) is 7.84. The fraction of sp³-hybridized carbons (Fsp3) is 0.750. The predicted octanol–water partition coefficient (Wildman–Crippen LogP) is 3.96. The first-order chi connectivity index (χ1) is 11.4. The highest BCUT2D eigenvalue weighted by atomic mass is 32.1. The van der Waals surface area contributed by atoms with Crippen LogP contribution in [0.2, 0.25) is 0 Å². The Balaban J connectivity index is 1.39. The van der Waals surface area contributed by atoms with Crippen LogP contribution in [0.25, 0.3) is 0 Å². The Morgan fingerprint density at radius 2 is 1.88 bits per heavy atom. The minimum absolute atomic E-state index is 0.0699. The largest absolute Gasteiger partial charge is 0.349 e. The Kier molecular flexibility index (Phi) is 4.24. The maximum absolute atomic E-state index is 12.9. The third kappa shape index (κ3) is 3.03. The third-order valence-electron chi connectivity index (χ3n) is 6.83. The lowest BCUT2D eigenvalue weighted by atomic mass is 9.53. The zero-order valence-electron chi connectivity index (χ0n) is 15.2. The van der Waals surface area contributed by atoms with Gasteiger partial charge in [-0.3, -0.25) is 9.69 Å². The van der Waals surface area contributed by atoms with E-state index in [1.54, 1.807) is 11.3 Å². The molecule has 4 aliphatic carbocycles. The molecule has 0 aromatic carbocycles. The fourth-order valence-corrected chi connectivity index (χ4v) is 6.73. The van der Waals surface area contributed by atoms with Gasteiger partial charge in [0.2, 0.25) is 5.91 Å². The molecule has 4 saturated carbocycles. The van der Waals surface area contributed by atoms with E-state index in [0.717, 1.165) is 24.3 Å². The van der Waals surface area contributed by atoms with Crippen LogP contribution in [-0.4, -0.2) is 29.4 Å². The summed E-state index contributed by atoms with van der Waals surface area (Å²) in [5.41, 5.74) is 1.46. The summed E-state index contributed by atoms with van der Waals surface area (Å²) in [5, 5.41) is 5.66. The van der Waals surface area contributed by atoms with Crippen molar-refractivity contribution in [2.24, 2.45) is 17.8 Å². The van der Waals surface area contributed by atoms with Crippen LogP contribution in [0.4, 0.5) is 0 Å². The van der Waals surface area contributed by atoms with E-state index in [0.29, 0.717) is 0 Å². The van der Waals surface area contributed by atoms with E-state index < -0.39 is 0 Å². The van der Waals surface area contributed by atoms with Gasteiger partial charge in [-0.05, 0) is 94.2 Å². The van der Waals surface area contributed by atoms with Crippen molar-refractivity contribution < 1.29 is 4.79 Å². The van der Waals surface area contributed by atoms with E-state index in [1.165, 1.54) is 49.0 Å². The summed E-state index contributed by atoms with van der Waals surface area (Å²) in [6.45, 7) is 5.07. The number of rotatable bonds is 5. The van der Waals surface area contributed by atoms with E-state index in [4.69, 9.17) is 0 Å². The predicted molar refractivity (Wildman–Crippen MR) is 99.0 cm³/mol. The number of carbonyl (C=O) groups excluding carboxylic acids is 1. The molecule has 4 aliphatic rings. The van der Waals surface area contributed by atoms with Gasteiger partial charge in [-0.25, -0.2) is 0 Å². The zero-order chi connectivity index (χ0) is 16.9. The van der Waals surface area contributed by atoms with Gasteiger partial charge in [-0.2, -0.15) is 0 Å². The zero-order valence-corrected chi connectivity index (χ0v) is 16.0. The molecule has 4 bridgehead atoms. The molecule has 1 atom stereocenters. The summed E-state index contributed by atoms with van der Waals surface area (Å²) >= 11 is 1.79. The van der Waals surface area contributed by atoms with Gasteiger partial charge < -0.3 is 5.32 Å². The van der Waals surface area contributed by atoms with E-state index in [2.05, 4.69) is 42.6 Å². The van der Waals surface area contributed by atoms with Crippen LogP contribution in [0.5, 0.6) is 0 Å². The lowest BCUT2D eigenvalue weighted by Crippen LogP contribution is -2.62. The maximum Gasteiger partial charge on any atom is 0.237 e. The molecule has 5 rings (SSSR count). The van der Waals surface area contributed by atoms with Gasteiger partial charge in [0.25, 0.3) is 0 Å². The highest BCUT2D eigenvalue weighted by Crippen LogP contribution is 2.55. The highest BCUT2D eigenvalue weighted by molar-refractivity contribution is 7.10. The van der Waals surface area contributed by atoms with E-state index >= 15 is 0 Å². The summed E-state index contributed by atoms with van der Waals surface area (Å²) in [5.74, 6) is 2.85.